The fraction of sp³-hybridized carbons (Fsp3) is 0.167. The highest BCUT2D eigenvalue weighted by molar-refractivity contribution is 7.89. The quantitative estimate of drug-likeness (QED) is 0.832. The summed E-state index contributed by atoms with van der Waals surface area (Å²) in [6.07, 6.45) is 0.640. The van der Waals surface area contributed by atoms with Crippen molar-refractivity contribution in [1.29, 1.82) is 0 Å². The molecule has 0 aliphatic heterocycles. The van der Waals surface area contributed by atoms with E-state index >= 15 is 0 Å². The number of hydrogen-bond acceptors (Lipinski definition) is 4. The van der Waals surface area contributed by atoms with Crippen LogP contribution in [0.4, 0.5) is 5.69 Å². The van der Waals surface area contributed by atoms with E-state index < -0.39 is 10.0 Å². The molecule has 19 heavy (non-hydrogen) atoms. The zero-order chi connectivity index (χ0) is 13.9. The second-order valence-electron chi connectivity index (χ2n) is 3.89. The molecule has 0 aliphatic carbocycles. The molecule has 0 atom stereocenters. The number of nitrogens with two attached hydrogens (primary N) is 1. The molecule has 0 bridgehead atoms. The number of nitrogen functional groups attached to an aromatic ring is 1. The summed E-state index contributed by atoms with van der Waals surface area (Å²) in [5, 5.41) is 2.08. The van der Waals surface area contributed by atoms with E-state index in [2.05, 4.69) is 4.72 Å². The average Bonchev–Trinajstić information content (AvgIpc) is 2.81. The van der Waals surface area contributed by atoms with Gasteiger partial charge in [-0.05, 0) is 30.0 Å². The van der Waals surface area contributed by atoms with Crippen LogP contribution >= 0.6 is 22.9 Å². The molecule has 1 aromatic heterocycles. The summed E-state index contributed by atoms with van der Waals surface area (Å²) in [5.74, 6) is 0. The average molecular weight is 317 g/mol. The maximum atomic E-state index is 12.1. The van der Waals surface area contributed by atoms with Crippen LogP contribution in [0.2, 0.25) is 5.02 Å². The van der Waals surface area contributed by atoms with Gasteiger partial charge in [-0.1, -0.05) is 23.7 Å². The van der Waals surface area contributed by atoms with Gasteiger partial charge in [0.2, 0.25) is 10.0 Å². The van der Waals surface area contributed by atoms with E-state index in [-0.39, 0.29) is 15.6 Å². The minimum Gasteiger partial charge on any atom is -0.398 e. The highest BCUT2D eigenvalue weighted by Crippen LogP contribution is 2.26. The summed E-state index contributed by atoms with van der Waals surface area (Å²) in [6, 6.07) is 8.52. The molecular weight excluding hydrogens is 304 g/mol. The van der Waals surface area contributed by atoms with Crippen LogP contribution in [0.25, 0.3) is 0 Å². The molecule has 1 aromatic carbocycles. The molecule has 0 amide bonds. The molecular formula is C12H13ClN2O2S2. The van der Waals surface area contributed by atoms with E-state index in [9.17, 15) is 8.42 Å². The third kappa shape index (κ3) is 3.48. The van der Waals surface area contributed by atoms with Gasteiger partial charge in [0.1, 0.15) is 4.90 Å². The van der Waals surface area contributed by atoms with Gasteiger partial charge in [-0.15, -0.1) is 11.3 Å². The Kier molecular flexibility index (Phi) is 4.46. The lowest BCUT2D eigenvalue weighted by atomic mass is 10.3. The Morgan fingerprint density at radius 3 is 2.68 bits per heavy atom. The summed E-state index contributed by atoms with van der Waals surface area (Å²) >= 11 is 7.49. The van der Waals surface area contributed by atoms with Gasteiger partial charge in [0.25, 0.3) is 0 Å². The highest BCUT2D eigenvalue weighted by Gasteiger charge is 2.20. The lowest BCUT2D eigenvalue weighted by molar-refractivity contribution is 0.582. The fourth-order valence-corrected chi connectivity index (χ4v) is 4.06. The zero-order valence-corrected chi connectivity index (χ0v) is 12.4. The van der Waals surface area contributed by atoms with Crippen LogP contribution in [0.15, 0.2) is 40.6 Å². The molecule has 0 saturated heterocycles. The van der Waals surface area contributed by atoms with E-state index in [1.165, 1.54) is 12.1 Å². The van der Waals surface area contributed by atoms with Crippen LogP contribution in [-0.4, -0.2) is 15.0 Å². The Morgan fingerprint density at radius 1 is 1.26 bits per heavy atom. The number of thiophene rings is 1. The minimum absolute atomic E-state index is 0.0529. The zero-order valence-electron chi connectivity index (χ0n) is 9.97. The smallest absolute Gasteiger partial charge is 0.244 e. The topological polar surface area (TPSA) is 72.2 Å². The van der Waals surface area contributed by atoms with Gasteiger partial charge in [-0.25, -0.2) is 13.1 Å². The van der Waals surface area contributed by atoms with Crippen molar-refractivity contribution in [2.75, 3.05) is 12.3 Å². The van der Waals surface area contributed by atoms with Crippen LogP contribution in [0.5, 0.6) is 0 Å². The first kappa shape index (κ1) is 14.3. The molecule has 2 aromatic rings. The molecule has 2 rings (SSSR count). The lowest BCUT2D eigenvalue weighted by Crippen LogP contribution is -2.26. The largest absolute Gasteiger partial charge is 0.398 e. The van der Waals surface area contributed by atoms with Gasteiger partial charge in [0, 0.05) is 11.4 Å². The second-order valence-corrected chi connectivity index (χ2v) is 7.03. The van der Waals surface area contributed by atoms with Crippen LogP contribution in [0.1, 0.15) is 4.88 Å². The maximum absolute atomic E-state index is 12.1. The third-order valence-electron chi connectivity index (χ3n) is 2.51. The van der Waals surface area contributed by atoms with Gasteiger partial charge in [0.15, 0.2) is 0 Å². The second kappa shape index (κ2) is 5.92. The third-order valence-corrected chi connectivity index (χ3v) is 5.45. The molecule has 0 aliphatic rings. The Bertz CT molecular complexity index is 634. The van der Waals surface area contributed by atoms with Crippen molar-refractivity contribution >= 4 is 38.6 Å². The van der Waals surface area contributed by atoms with E-state index in [1.807, 2.05) is 17.5 Å². The van der Waals surface area contributed by atoms with Crippen LogP contribution in [-0.2, 0) is 16.4 Å². The molecule has 1 heterocycles. The number of halogens is 1. The van der Waals surface area contributed by atoms with Crippen molar-refractivity contribution in [3.8, 4) is 0 Å². The van der Waals surface area contributed by atoms with E-state index in [4.69, 9.17) is 17.3 Å². The van der Waals surface area contributed by atoms with Gasteiger partial charge >= 0.3 is 0 Å². The van der Waals surface area contributed by atoms with Crippen molar-refractivity contribution < 1.29 is 8.42 Å². The molecule has 0 spiro atoms. The molecule has 102 valence electrons. The van der Waals surface area contributed by atoms with Gasteiger partial charge in [-0.3, -0.25) is 0 Å². The molecule has 0 saturated carbocycles. The Hall–Kier alpha value is -1.08. The lowest BCUT2D eigenvalue weighted by Gasteiger charge is -2.10. The molecule has 3 N–H and O–H groups in total. The maximum Gasteiger partial charge on any atom is 0.244 e. The normalized spacial score (nSPS) is 11.6. The summed E-state index contributed by atoms with van der Waals surface area (Å²) in [4.78, 5) is 1.07. The van der Waals surface area contributed by atoms with Crippen LogP contribution in [0.3, 0.4) is 0 Å². The summed E-state index contributed by atoms with van der Waals surface area (Å²) in [6.45, 7) is 0.313. The Morgan fingerprint density at radius 2 is 2.05 bits per heavy atom. The van der Waals surface area contributed by atoms with E-state index in [0.717, 1.165) is 4.88 Å². The van der Waals surface area contributed by atoms with Crippen LogP contribution < -0.4 is 10.5 Å². The van der Waals surface area contributed by atoms with Gasteiger partial charge in [0.05, 0.1) is 10.7 Å². The number of hydrogen-bond donors (Lipinski definition) is 2. The van der Waals surface area contributed by atoms with E-state index in [1.54, 1.807) is 17.4 Å². The standard InChI is InChI=1S/C12H13ClN2O2S2/c13-10-4-1-5-11(14)12(10)19(16,17)15-7-6-9-3-2-8-18-9/h1-5,8,15H,6-7,14H2. The molecule has 0 fully saturated rings. The first-order valence-electron chi connectivity index (χ1n) is 5.57. The minimum atomic E-state index is -3.68. The number of benzene rings is 1. The van der Waals surface area contributed by atoms with Gasteiger partial charge < -0.3 is 5.73 Å². The van der Waals surface area contributed by atoms with Crippen molar-refractivity contribution in [1.82, 2.24) is 4.72 Å². The summed E-state index contributed by atoms with van der Waals surface area (Å²) < 4.78 is 26.8. The summed E-state index contributed by atoms with van der Waals surface area (Å²) in [5.41, 5.74) is 5.82. The first-order chi connectivity index (χ1) is 9.00. The summed E-state index contributed by atoms with van der Waals surface area (Å²) in [7, 11) is -3.68. The number of nitrogens with one attached hydrogen (secondary N) is 1. The SMILES string of the molecule is Nc1cccc(Cl)c1S(=O)(=O)NCCc1cccs1. The highest BCUT2D eigenvalue weighted by atomic mass is 35.5. The number of anilines is 1. The van der Waals surface area contributed by atoms with Crippen LogP contribution in [0, 0.1) is 0 Å². The molecule has 7 heteroatoms. The van der Waals surface area contributed by atoms with E-state index in [0.29, 0.717) is 13.0 Å². The van der Waals surface area contributed by atoms with Gasteiger partial charge in [-0.2, -0.15) is 0 Å². The number of sulfonamides is 1. The van der Waals surface area contributed by atoms with Crippen molar-refractivity contribution in [3.05, 3.63) is 45.6 Å². The Balaban J connectivity index is 2.10. The molecule has 4 nitrogen and oxygen atoms in total. The predicted molar refractivity (Wildman–Crippen MR) is 79.1 cm³/mol. The monoisotopic (exact) mass is 316 g/mol. The van der Waals surface area contributed by atoms with Crippen molar-refractivity contribution in [2.24, 2.45) is 0 Å². The molecule has 0 radical (unpaired) electrons. The van der Waals surface area contributed by atoms with Crippen molar-refractivity contribution in [2.45, 2.75) is 11.3 Å². The Labute approximate surface area is 121 Å². The molecule has 0 unspecified atom stereocenters. The fourth-order valence-electron chi connectivity index (χ4n) is 1.64. The van der Waals surface area contributed by atoms with Crippen molar-refractivity contribution in [3.63, 3.8) is 0 Å². The first-order valence-corrected chi connectivity index (χ1v) is 8.31. The number of rotatable bonds is 5. The predicted octanol–water partition coefficient (Wildman–Crippen LogP) is 2.50.